The molecule has 1 fully saturated rings. The molecule has 1 heterocycles. The summed E-state index contributed by atoms with van der Waals surface area (Å²) >= 11 is 0. The topological polar surface area (TPSA) is 64.4 Å². The summed E-state index contributed by atoms with van der Waals surface area (Å²) < 4.78 is 43.9. The summed E-state index contributed by atoms with van der Waals surface area (Å²) in [6, 6.07) is 3.70. The first kappa shape index (κ1) is 18.7. The summed E-state index contributed by atoms with van der Waals surface area (Å²) in [7, 11) is 0. The first-order chi connectivity index (χ1) is 9.82. The largest absolute Gasteiger partial charge is 0.416 e. The van der Waals surface area contributed by atoms with Crippen LogP contribution in [-0.4, -0.2) is 24.7 Å². The quantitative estimate of drug-likeness (QED) is 0.890. The number of hydrogen-bond donors (Lipinski definition) is 2. The van der Waals surface area contributed by atoms with E-state index in [0.717, 1.165) is 6.07 Å². The van der Waals surface area contributed by atoms with Gasteiger partial charge in [0.15, 0.2) is 0 Å². The first-order valence-corrected chi connectivity index (χ1v) is 6.66. The molecule has 0 unspecified atom stereocenters. The number of amides is 1. The number of hydrogen-bond acceptors (Lipinski definition) is 3. The minimum absolute atomic E-state index is 0. The molecule has 0 aromatic heterocycles. The molecule has 1 aliphatic heterocycles. The van der Waals surface area contributed by atoms with Gasteiger partial charge in [0.1, 0.15) is 6.10 Å². The van der Waals surface area contributed by atoms with Gasteiger partial charge < -0.3 is 15.8 Å². The second-order valence-electron chi connectivity index (χ2n) is 5.02. The van der Waals surface area contributed by atoms with Crippen LogP contribution >= 0.6 is 12.4 Å². The van der Waals surface area contributed by atoms with Crippen LogP contribution in [-0.2, 0) is 15.7 Å². The van der Waals surface area contributed by atoms with Gasteiger partial charge in [-0.1, -0.05) is 6.07 Å². The average molecular weight is 339 g/mol. The maximum absolute atomic E-state index is 12.8. The van der Waals surface area contributed by atoms with Crippen molar-refractivity contribution in [1.82, 2.24) is 0 Å². The van der Waals surface area contributed by atoms with Crippen LogP contribution in [0.5, 0.6) is 0 Å². The minimum atomic E-state index is -4.45. The van der Waals surface area contributed by atoms with Crippen LogP contribution in [0.25, 0.3) is 0 Å². The van der Waals surface area contributed by atoms with Crippen LogP contribution in [0.2, 0.25) is 0 Å². The highest BCUT2D eigenvalue weighted by Crippen LogP contribution is 2.34. The highest BCUT2D eigenvalue weighted by atomic mass is 35.5. The summed E-state index contributed by atoms with van der Waals surface area (Å²) in [5.41, 5.74) is 4.84. The molecule has 1 aliphatic rings. The van der Waals surface area contributed by atoms with Gasteiger partial charge >= 0.3 is 6.18 Å². The van der Waals surface area contributed by atoms with Gasteiger partial charge in [-0.2, -0.15) is 13.2 Å². The Morgan fingerprint density at radius 2 is 2.09 bits per heavy atom. The molecule has 1 aromatic carbocycles. The monoisotopic (exact) mass is 338 g/mol. The third-order valence-electron chi connectivity index (χ3n) is 3.56. The molecule has 0 bridgehead atoms. The van der Waals surface area contributed by atoms with Crippen molar-refractivity contribution in [3.8, 4) is 0 Å². The Bertz CT molecular complexity index is 537. The Balaban J connectivity index is 0.00000242. The van der Waals surface area contributed by atoms with E-state index in [1.807, 2.05) is 0 Å². The van der Waals surface area contributed by atoms with Crippen LogP contribution in [0.3, 0.4) is 0 Å². The van der Waals surface area contributed by atoms with E-state index in [-0.39, 0.29) is 29.8 Å². The molecule has 4 nitrogen and oxygen atoms in total. The number of carbonyl (C=O) groups excluding carboxylic acids is 1. The van der Waals surface area contributed by atoms with Gasteiger partial charge in [0.2, 0.25) is 0 Å². The molecule has 22 heavy (non-hydrogen) atoms. The summed E-state index contributed by atoms with van der Waals surface area (Å²) in [5, 5.41) is 2.50. The predicted molar refractivity (Wildman–Crippen MR) is 79.0 cm³/mol. The van der Waals surface area contributed by atoms with Crippen molar-refractivity contribution in [3.63, 3.8) is 0 Å². The highest BCUT2D eigenvalue weighted by molar-refractivity contribution is 5.95. The summed E-state index contributed by atoms with van der Waals surface area (Å²) in [4.78, 5) is 12.0. The van der Waals surface area contributed by atoms with E-state index in [2.05, 4.69) is 5.32 Å². The molecule has 124 valence electrons. The van der Waals surface area contributed by atoms with Crippen LogP contribution in [0, 0.1) is 6.92 Å². The molecule has 0 spiro atoms. The number of carbonyl (C=O) groups is 1. The number of alkyl halides is 3. The second kappa shape index (κ2) is 7.30. The zero-order chi connectivity index (χ0) is 15.6. The van der Waals surface area contributed by atoms with Crippen molar-refractivity contribution in [2.24, 2.45) is 5.73 Å². The number of anilines is 1. The molecular weight excluding hydrogens is 321 g/mol. The molecule has 2 atom stereocenters. The van der Waals surface area contributed by atoms with Gasteiger partial charge in [0, 0.05) is 12.2 Å². The second-order valence-corrected chi connectivity index (χ2v) is 5.02. The van der Waals surface area contributed by atoms with Crippen molar-refractivity contribution in [2.75, 3.05) is 11.9 Å². The molecule has 1 aromatic rings. The molecule has 2 rings (SSSR count). The molecule has 1 amide bonds. The molecule has 8 heteroatoms. The van der Waals surface area contributed by atoms with Crippen molar-refractivity contribution in [1.29, 1.82) is 0 Å². The lowest BCUT2D eigenvalue weighted by molar-refractivity contribution is -0.138. The highest BCUT2D eigenvalue weighted by Gasteiger charge is 2.34. The van der Waals surface area contributed by atoms with Crippen molar-refractivity contribution >= 4 is 24.0 Å². The van der Waals surface area contributed by atoms with Gasteiger partial charge in [0.25, 0.3) is 5.91 Å². The third kappa shape index (κ3) is 4.12. The lowest BCUT2D eigenvalue weighted by atomic mass is 10.1. The first-order valence-electron chi connectivity index (χ1n) is 6.66. The van der Waals surface area contributed by atoms with E-state index in [1.54, 1.807) is 0 Å². The fraction of sp³-hybridized carbons (Fsp3) is 0.500. The van der Waals surface area contributed by atoms with Crippen molar-refractivity contribution in [2.45, 2.75) is 38.1 Å². The van der Waals surface area contributed by atoms with E-state index in [9.17, 15) is 18.0 Å². The van der Waals surface area contributed by atoms with Crippen LogP contribution in [0.15, 0.2) is 18.2 Å². The lowest BCUT2D eigenvalue weighted by Gasteiger charge is -2.17. The van der Waals surface area contributed by atoms with E-state index < -0.39 is 23.8 Å². The van der Waals surface area contributed by atoms with Crippen molar-refractivity contribution < 1.29 is 22.7 Å². The SMILES string of the molecule is Cc1c(NC(=O)[C@@H]2CC[C@H](CN)O2)cccc1C(F)(F)F.Cl. The average Bonchev–Trinajstić information content (AvgIpc) is 2.88. The summed E-state index contributed by atoms with van der Waals surface area (Å²) in [6.45, 7) is 1.66. The maximum atomic E-state index is 12.8. The van der Waals surface area contributed by atoms with Gasteiger partial charge in [0.05, 0.1) is 11.7 Å². The number of benzene rings is 1. The van der Waals surface area contributed by atoms with Gasteiger partial charge in [-0.3, -0.25) is 4.79 Å². The number of halogens is 4. The van der Waals surface area contributed by atoms with Gasteiger partial charge in [-0.25, -0.2) is 0 Å². The summed E-state index contributed by atoms with van der Waals surface area (Å²) in [6.07, 6.45) is -4.07. The number of nitrogens with one attached hydrogen (secondary N) is 1. The van der Waals surface area contributed by atoms with Gasteiger partial charge in [-0.05, 0) is 37.5 Å². The zero-order valence-electron chi connectivity index (χ0n) is 11.9. The Morgan fingerprint density at radius 3 is 2.64 bits per heavy atom. The van der Waals surface area contributed by atoms with E-state index in [4.69, 9.17) is 10.5 Å². The summed E-state index contributed by atoms with van der Waals surface area (Å²) in [5.74, 6) is -0.437. The minimum Gasteiger partial charge on any atom is -0.364 e. The van der Waals surface area contributed by atoms with E-state index >= 15 is 0 Å². The fourth-order valence-electron chi connectivity index (χ4n) is 2.36. The molecule has 0 radical (unpaired) electrons. The van der Waals surface area contributed by atoms with Crippen LogP contribution in [0.1, 0.15) is 24.0 Å². The fourth-order valence-corrected chi connectivity index (χ4v) is 2.36. The Kier molecular flexibility index (Phi) is 6.22. The lowest BCUT2D eigenvalue weighted by Crippen LogP contribution is -2.30. The Hall–Kier alpha value is -1.31. The molecule has 0 saturated carbocycles. The number of nitrogens with two attached hydrogens (primary N) is 1. The molecule has 3 N–H and O–H groups in total. The molecular formula is C14H18ClF3N2O2. The molecule has 1 saturated heterocycles. The smallest absolute Gasteiger partial charge is 0.364 e. The maximum Gasteiger partial charge on any atom is 0.416 e. The normalized spacial score (nSPS) is 21.3. The molecule has 0 aliphatic carbocycles. The van der Waals surface area contributed by atoms with E-state index in [0.29, 0.717) is 19.4 Å². The van der Waals surface area contributed by atoms with Crippen LogP contribution < -0.4 is 11.1 Å². The standard InChI is InChI=1S/C14H17F3N2O2.ClH/c1-8-10(14(15,16)17)3-2-4-11(8)19-13(20)12-6-5-9(7-18)21-12;/h2-4,9,12H,5-7,18H2,1H3,(H,19,20);1H/t9-,12+;/m1./s1. The zero-order valence-corrected chi connectivity index (χ0v) is 12.8. The number of ether oxygens (including phenoxy) is 1. The third-order valence-corrected chi connectivity index (χ3v) is 3.56. The number of rotatable bonds is 3. The Labute approximate surface area is 132 Å². The Morgan fingerprint density at radius 1 is 1.41 bits per heavy atom. The van der Waals surface area contributed by atoms with Gasteiger partial charge in [-0.15, -0.1) is 12.4 Å². The van der Waals surface area contributed by atoms with Crippen LogP contribution in [0.4, 0.5) is 18.9 Å². The van der Waals surface area contributed by atoms with Crippen molar-refractivity contribution in [3.05, 3.63) is 29.3 Å². The van der Waals surface area contributed by atoms with E-state index in [1.165, 1.54) is 19.1 Å². The predicted octanol–water partition coefficient (Wildman–Crippen LogP) is 2.88.